The van der Waals surface area contributed by atoms with E-state index in [4.69, 9.17) is 0 Å². The Bertz CT molecular complexity index is 538. The first-order chi connectivity index (χ1) is 9.51. The fourth-order valence-corrected chi connectivity index (χ4v) is 1.96. The zero-order valence-corrected chi connectivity index (χ0v) is 11.2. The second-order valence-electron chi connectivity index (χ2n) is 4.48. The van der Waals surface area contributed by atoms with Gasteiger partial charge in [-0.2, -0.15) is 0 Å². The van der Waals surface area contributed by atoms with Gasteiger partial charge in [0.05, 0.1) is 13.2 Å². The van der Waals surface area contributed by atoms with Gasteiger partial charge in [0.2, 0.25) is 0 Å². The highest BCUT2D eigenvalue weighted by Gasteiger charge is 2.21. The molecule has 1 aliphatic rings. The first-order valence-electron chi connectivity index (χ1n) is 6.13. The highest BCUT2D eigenvalue weighted by atomic mass is 19.1. The molecule has 7 heteroatoms. The van der Waals surface area contributed by atoms with E-state index in [0.717, 1.165) is 0 Å². The van der Waals surface area contributed by atoms with Gasteiger partial charge >= 0.3 is 6.09 Å². The van der Waals surface area contributed by atoms with E-state index in [9.17, 15) is 13.6 Å². The van der Waals surface area contributed by atoms with Crippen molar-refractivity contribution in [1.82, 2.24) is 10.9 Å². The van der Waals surface area contributed by atoms with Crippen molar-refractivity contribution in [3.05, 3.63) is 34.9 Å². The number of carbonyl (C=O) groups is 1. The van der Waals surface area contributed by atoms with Gasteiger partial charge in [-0.25, -0.2) is 19.0 Å². The first kappa shape index (κ1) is 14.2. The summed E-state index contributed by atoms with van der Waals surface area (Å²) in [6.07, 6.45) is 0.558. The van der Waals surface area contributed by atoms with E-state index in [2.05, 4.69) is 20.6 Å². The third kappa shape index (κ3) is 3.04. The first-order valence-corrected chi connectivity index (χ1v) is 6.13. The minimum Gasteiger partial charge on any atom is -0.452 e. The van der Waals surface area contributed by atoms with Gasteiger partial charge in [0.25, 0.3) is 0 Å². The van der Waals surface area contributed by atoms with Crippen molar-refractivity contribution in [3.8, 4) is 0 Å². The fraction of sp³-hybridized carbons (Fsp3) is 0.385. The van der Waals surface area contributed by atoms with Gasteiger partial charge in [0, 0.05) is 12.0 Å². The molecule has 1 unspecified atom stereocenters. The van der Waals surface area contributed by atoms with Crippen molar-refractivity contribution in [1.29, 1.82) is 0 Å². The van der Waals surface area contributed by atoms with Crippen molar-refractivity contribution in [2.24, 2.45) is 4.99 Å². The average Bonchev–Trinajstić information content (AvgIpc) is 2.90. The van der Waals surface area contributed by atoms with Crippen LogP contribution >= 0.6 is 0 Å². The van der Waals surface area contributed by atoms with Crippen LogP contribution in [0.5, 0.6) is 0 Å². The molecular weight excluding hydrogens is 268 g/mol. The van der Waals surface area contributed by atoms with Gasteiger partial charge in [0.15, 0.2) is 0 Å². The number of benzene rings is 1. The van der Waals surface area contributed by atoms with Crippen LogP contribution in [0.1, 0.15) is 30.0 Å². The van der Waals surface area contributed by atoms with Crippen LogP contribution in [0, 0.1) is 18.6 Å². The number of amidine groups is 1. The minimum atomic E-state index is -0.636. The number of hydrazine groups is 1. The SMILES string of the molecule is COC(=O)NNC1=NC(c2cc(F)c(C)c(F)c2)CC1. The van der Waals surface area contributed by atoms with Crippen LogP contribution in [-0.2, 0) is 4.74 Å². The zero-order chi connectivity index (χ0) is 14.7. The molecule has 1 aliphatic heterocycles. The zero-order valence-electron chi connectivity index (χ0n) is 11.2. The third-order valence-electron chi connectivity index (χ3n) is 3.15. The molecular formula is C13H15F2N3O2. The van der Waals surface area contributed by atoms with Crippen molar-refractivity contribution in [3.63, 3.8) is 0 Å². The number of amides is 1. The molecule has 1 atom stereocenters. The highest BCUT2D eigenvalue weighted by molar-refractivity contribution is 5.85. The molecule has 0 aromatic heterocycles. The highest BCUT2D eigenvalue weighted by Crippen LogP contribution is 2.30. The number of halogens is 2. The van der Waals surface area contributed by atoms with E-state index in [-0.39, 0.29) is 11.6 Å². The van der Waals surface area contributed by atoms with Crippen molar-refractivity contribution in [2.45, 2.75) is 25.8 Å². The lowest BCUT2D eigenvalue weighted by Gasteiger charge is -2.09. The Morgan fingerprint density at radius 3 is 2.65 bits per heavy atom. The normalized spacial score (nSPS) is 17.6. The second-order valence-corrected chi connectivity index (χ2v) is 4.48. The van der Waals surface area contributed by atoms with Gasteiger partial charge in [-0.3, -0.25) is 10.4 Å². The molecule has 0 saturated heterocycles. The third-order valence-corrected chi connectivity index (χ3v) is 3.15. The van der Waals surface area contributed by atoms with E-state index in [1.54, 1.807) is 0 Å². The standard InChI is InChI=1S/C13H15F2N3O2/c1-7-9(14)5-8(6-10(7)15)11-3-4-12(16-11)17-18-13(19)20-2/h5-6,11H,3-4H2,1-2H3,(H,16,17)(H,18,19). The Kier molecular flexibility index (Phi) is 4.16. The topological polar surface area (TPSA) is 62.7 Å². The Balaban J connectivity index is 2.08. The van der Waals surface area contributed by atoms with E-state index in [1.807, 2.05) is 0 Å². The Hall–Kier alpha value is -2.18. The number of ether oxygens (including phenoxy) is 1. The molecule has 1 heterocycles. The van der Waals surface area contributed by atoms with Gasteiger partial charge in [-0.05, 0) is 31.0 Å². The van der Waals surface area contributed by atoms with E-state index >= 15 is 0 Å². The second kappa shape index (κ2) is 5.85. The molecule has 1 aromatic rings. The Morgan fingerprint density at radius 1 is 1.40 bits per heavy atom. The van der Waals surface area contributed by atoms with Gasteiger partial charge in [-0.1, -0.05) is 0 Å². The predicted molar refractivity (Wildman–Crippen MR) is 69.2 cm³/mol. The van der Waals surface area contributed by atoms with Crippen LogP contribution in [-0.4, -0.2) is 19.0 Å². The summed E-state index contributed by atoms with van der Waals surface area (Å²) in [5, 5.41) is 0. The van der Waals surface area contributed by atoms with Crippen LogP contribution in [0.4, 0.5) is 13.6 Å². The summed E-state index contributed by atoms with van der Waals surface area (Å²) in [4.78, 5) is 15.2. The molecule has 0 radical (unpaired) electrons. The molecule has 20 heavy (non-hydrogen) atoms. The van der Waals surface area contributed by atoms with E-state index in [1.165, 1.54) is 26.2 Å². The lowest BCUT2D eigenvalue weighted by atomic mass is 10.0. The summed E-state index contributed by atoms with van der Waals surface area (Å²) in [7, 11) is 1.24. The molecule has 2 N–H and O–H groups in total. The van der Waals surface area contributed by atoms with Gasteiger partial charge < -0.3 is 4.74 Å². The summed E-state index contributed by atoms with van der Waals surface area (Å²) >= 11 is 0. The van der Waals surface area contributed by atoms with Crippen LogP contribution in [0.3, 0.4) is 0 Å². The van der Waals surface area contributed by atoms with Crippen LogP contribution in [0.25, 0.3) is 0 Å². The minimum absolute atomic E-state index is 0.00133. The van der Waals surface area contributed by atoms with Crippen molar-refractivity contribution < 1.29 is 18.3 Å². The predicted octanol–water partition coefficient (Wildman–Crippen LogP) is 2.37. The van der Waals surface area contributed by atoms with Crippen LogP contribution in [0.15, 0.2) is 17.1 Å². The number of rotatable bonds is 1. The summed E-state index contributed by atoms with van der Waals surface area (Å²) in [5.74, 6) is -0.615. The lowest BCUT2D eigenvalue weighted by molar-refractivity contribution is 0.168. The lowest BCUT2D eigenvalue weighted by Crippen LogP contribution is -2.40. The number of methoxy groups -OCH3 is 1. The summed E-state index contributed by atoms with van der Waals surface area (Å²) in [6, 6.07) is 2.27. The number of hydrogen-bond donors (Lipinski definition) is 2. The maximum absolute atomic E-state index is 13.5. The number of nitrogens with zero attached hydrogens (tertiary/aromatic N) is 1. The Morgan fingerprint density at radius 2 is 2.05 bits per heavy atom. The molecule has 2 rings (SSSR count). The smallest absolute Gasteiger partial charge is 0.425 e. The molecule has 1 aromatic carbocycles. The van der Waals surface area contributed by atoms with Gasteiger partial charge in [-0.15, -0.1) is 0 Å². The summed E-state index contributed by atoms with van der Waals surface area (Å²) in [5.41, 5.74) is 5.39. The molecule has 0 aliphatic carbocycles. The molecule has 108 valence electrons. The monoisotopic (exact) mass is 283 g/mol. The van der Waals surface area contributed by atoms with Gasteiger partial charge in [0.1, 0.15) is 17.5 Å². The quantitative estimate of drug-likeness (QED) is 0.778. The molecule has 1 amide bonds. The molecule has 0 spiro atoms. The summed E-state index contributed by atoms with van der Waals surface area (Å²) < 4.78 is 31.4. The van der Waals surface area contributed by atoms with E-state index in [0.29, 0.717) is 24.2 Å². The average molecular weight is 283 g/mol. The van der Waals surface area contributed by atoms with Crippen molar-refractivity contribution in [2.75, 3.05) is 7.11 Å². The van der Waals surface area contributed by atoms with E-state index < -0.39 is 17.7 Å². The number of carbonyl (C=O) groups excluding carboxylic acids is 1. The Labute approximate surface area is 115 Å². The fourth-order valence-electron chi connectivity index (χ4n) is 1.96. The molecule has 5 nitrogen and oxygen atoms in total. The molecule has 0 saturated carbocycles. The maximum Gasteiger partial charge on any atom is 0.425 e. The number of nitrogens with one attached hydrogen (secondary N) is 2. The molecule has 0 bridgehead atoms. The number of hydrogen-bond acceptors (Lipinski definition) is 4. The number of aliphatic imine (C=N–C) groups is 1. The van der Waals surface area contributed by atoms with Crippen LogP contribution < -0.4 is 10.9 Å². The summed E-state index contributed by atoms with van der Waals surface area (Å²) in [6.45, 7) is 1.39. The van der Waals surface area contributed by atoms with Crippen molar-refractivity contribution >= 4 is 11.9 Å². The van der Waals surface area contributed by atoms with Crippen LogP contribution in [0.2, 0.25) is 0 Å². The molecule has 0 fully saturated rings. The largest absolute Gasteiger partial charge is 0.452 e. The maximum atomic E-state index is 13.5.